The predicted octanol–water partition coefficient (Wildman–Crippen LogP) is 1.76. The fourth-order valence-corrected chi connectivity index (χ4v) is 3.93. The molecule has 0 radical (unpaired) electrons. The number of likely N-dealkylation sites (tertiary alicyclic amines) is 1. The Morgan fingerprint density at radius 1 is 1.28 bits per heavy atom. The zero-order chi connectivity index (χ0) is 19.2. The summed E-state index contributed by atoms with van der Waals surface area (Å²) >= 11 is 0. The van der Waals surface area contributed by atoms with Crippen molar-refractivity contribution in [3.05, 3.63) is 42.6 Å². The van der Waals surface area contributed by atoms with Gasteiger partial charge in [-0.25, -0.2) is 15.0 Å². The average molecular weight is 511 g/mol. The van der Waals surface area contributed by atoms with Gasteiger partial charge in [-0.2, -0.15) is 0 Å². The molecule has 9 heteroatoms. The molecule has 0 saturated carbocycles. The Labute approximate surface area is 189 Å². The topological polar surface area (TPSA) is 70.8 Å². The number of pyridine rings is 1. The summed E-state index contributed by atoms with van der Waals surface area (Å²) in [6.45, 7) is 9.40. The van der Waals surface area contributed by atoms with E-state index in [9.17, 15) is 0 Å². The number of morpholine rings is 1. The van der Waals surface area contributed by atoms with Crippen LogP contribution in [-0.2, 0) is 11.3 Å². The molecule has 2 fully saturated rings. The van der Waals surface area contributed by atoms with Crippen LogP contribution in [0.2, 0.25) is 0 Å². The van der Waals surface area contributed by atoms with Gasteiger partial charge in [0.1, 0.15) is 12.1 Å². The zero-order valence-electron chi connectivity index (χ0n) is 16.9. The number of hydrogen-bond acceptors (Lipinski definition) is 5. The van der Waals surface area contributed by atoms with Crippen LogP contribution in [0.5, 0.6) is 0 Å². The van der Waals surface area contributed by atoms with E-state index in [0.717, 1.165) is 63.3 Å². The summed E-state index contributed by atoms with van der Waals surface area (Å²) < 4.78 is 7.43. The second-order valence-corrected chi connectivity index (χ2v) is 7.16. The SMILES string of the molecule is CCNC(=NCc1cccnc1-n1ccnc1)N1CCC(N2CCOCC2)C1.I. The first-order chi connectivity index (χ1) is 13.8. The Balaban J connectivity index is 0.00000240. The highest BCUT2D eigenvalue weighted by Gasteiger charge is 2.30. The lowest BCUT2D eigenvalue weighted by molar-refractivity contribution is 0.0195. The van der Waals surface area contributed by atoms with Crippen molar-refractivity contribution in [1.29, 1.82) is 0 Å². The first-order valence-corrected chi connectivity index (χ1v) is 10.1. The van der Waals surface area contributed by atoms with E-state index < -0.39 is 0 Å². The first-order valence-electron chi connectivity index (χ1n) is 10.1. The van der Waals surface area contributed by atoms with Crippen LogP contribution >= 0.6 is 24.0 Å². The fourth-order valence-electron chi connectivity index (χ4n) is 3.93. The molecular formula is C20H30IN7O. The van der Waals surface area contributed by atoms with E-state index >= 15 is 0 Å². The molecule has 4 heterocycles. The van der Waals surface area contributed by atoms with Crippen LogP contribution in [0.4, 0.5) is 0 Å². The molecule has 2 aliphatic rings. The highest BCUT2D eigenvalue weighted by molar-refractivity contribution is 14.0. The summed E-state index contributed by atoms with van der Waals surface area (Å²) in [4.78, 5) is 18.5. The smallest absolute Gasteiger partial charge is 0.194 e. The van der Waals surface area contributed by atoms with Crippen molar-refractivity contribution in [2.24, 2.45) is 4.99 Å². The van der Waals surface area contributed by atoms with Crippen molar-refractivity contribution in [3.63, 3.8) is 0 Å². The van der Waals surface area contributed by atoms with Crippen molar-refractivity contribution in [1.82, 2.24) is 29.7 Å². The van der Waals surface area contributed by atoms with Crippen LogP contribution in [0.3, 0.4) is 0 Å². The molecular weight excluding hydrogens is 481 g/mol. The number of aromatic nitrogens is 3. The monoisotopic (exact) mass is 511 g/mol. The molecule has 2 aromatic heterocycles. The van der Waals surface area contributed by atoms with Gasteiger partial charge in [-0.3, -0.25) is 9.47 Å². The second-order valence-electron chi connectivity index (χ2n) is 7.16. The van der Waals surface area contributed by atoms with Gasteiger partial charge in [-0.1, -0.05) is 6.07 Å². The summed E-state index contributed by atoms with van der Waals surface area (Å²) in [5, 5.41) is 3.47. The van der Waals surface area contributed by atoms with Crippen molar-refractivity contribution in [2.75, 3.05) is 45.9 Å². The minimum atomic E-state index is 0. The van der Waals surface area contributed by atoms with Crippen LogP contribution in [0.25, 0.3) is 5.82 Å². The average Bonchev–Trinajstić information content (AvgIpc) is 3.44. The van der Waals surface area contributed by atoms with E-state index in [1.165, 1.54) is 6.42 Å². The van der Waals surface area contributed by atoms with E-state index in [2.05, 4.69) is 38.1 Å². The number of nitrogens with zero attached hydrogens (tertiary/aromatic N) is 6. The summed E-state index contributed by atoms with van der Waals surface area (Å²) in [6, 6.07) is 4.63. The molecule has 0 bridgehead atoms. The summed E-state index contributed by atoms with van der Waals surface area (Å²) in [5.74, 6) is 1.87. The zero-order valence-corrected chi connectivity index (χ0v) is 19.2. The molecule has 0 spiro atoms. The van der Waals surface area contributed by atoms with Crippen molar-refractivity contribution < 1.29 is 4.74 Å². The van der Waals surface area contributed by atoms with Crippen LogP contribution in [-0.4, -0.2) is 82.3 Å². The van der Waals surface area contributed by atoms with Crippen molar-refractivity contribution in [2.45, 2.75) is 25.9 Å². The molecule has 1 N–H and O–H groups in total. The predicted molar refractivity (Wildman–Crippen MR) is 124 cm³/mol. The lowest BCUT2D eigenvalue weighted by Gasteiger charge is -2.32. The van der Waals surface area contributed by atoms with Gasteiger partial charge < -0.3 is 15.0 Å². The number of ether oxygens (including phenoxy) is 1. The molecule has 1 atom stereocenters. The van der Waals surface area contributed by atoms with Gasteiger partial charge in [0.25, 0.3) is 0 Å². The molecule has 0 aromatic carbocycles. The Morgan fingerprint density at radius 2 is 2.14 bits per heavy atom. The van der Waals surface area contributed by atoms with Crippen molar-refractivity contribution in [3.8, 4) is 5.82 Å². The number of guanidine groups is 1. The van der Waals surface area contributed by atoms with Crippen LogP contribution in [0.1, 0.15) is 18.9 Å². The molecule has 158 valence electrons. The molecule has 1 unspecified atom stereocenters. The highest BCUT2D eigenvalue weighted by Crippen LogP contribution is 2.18. The highest BCUT2D eigenvalue weighted by atomic mass is 127. The third kappa shape index (κ3) is 5.46. The van der Waals surface area contributed by atoms with E-state index in [-0.39, 0.29) is 24.0 Å². The van der Waals surface area contributed by atoms with Crippen LogP contribution in [0, 0.1) is 0 Å². The van der Waals surface area contributed by atoms with E-state index in [4.69, 9.17) is 9.73 Å². The van der Waals surface area contributed by atoms with Crippen molar-refractivity contribution >= 4 is 29.9 Å². The Bertz CT molecular complexity index is 777. The van der Waals surface area contributed by atoms with Crippen LogP contribution < -0.4 is 5.32 Å². The molecule has 2 saturated heterocycles. The molecule has 29 heavy (non-hydrogen) atoms. The lowest BCUT2D eigenvalue weighted by atomic mass is 10.2. The van der Waals surface area contributed by atoms with E-state index in [1.54, 1.807) is 18.7 Å². The standard InChI is InChI=1S/C20H29N7O.HI/c1-2-22-20(26-8-5-18(15-26)25-10-12-28-13-11-25)24-14-17-4-3-6-23-19(17)27-9-7-21-16-27;/h3-4,6-7,9,16,18H,2,5,8,10-15H2,1H3,(H,22,24);1H. The van der Waals surface area contributed by atoms with Gasteiger partial charge in [-0.15, -0.1) is 24.0 Å². The van der Waals surface area contributed by atoms with Gasteiger partial charge in [-0.05, 0) is 19.4 Å². The maximum Gasteiger partial charge on any atom is 0.194 e. The van der Waals surface area contributed by atoms with E-state index in [1.807, 2.05) is 16.8 Å². The normalized spacial score (nSPS) is 20.5. The maximum atomic E-state index is 5.50. The second kappa shape index (κ2) is 10.9. The van der Waals surface area contributed by atoms with Crippen LogP contribution in [0.15, 0.2) is 42.0 Å². The summed E-state index contributed by atoms with van der Waals surface area (Å²) in [6.07, 6.45) is 8.43. The molecule has 8 nitrogen and oxygen atoms in total. The first kappa shape index (κ1) is 22.0. The Morgan fingerprint density at radius 3 is 2.90 bits per heavy atom. The molecule has 0 amide bonds. The third-order valence-electron chi connectivity index (χ3n) is 5.38. The summed E-state index contributed by atoms with van der Waals surface area (Å²) in [7, 11) is 0. The van der Waals surface area contributed by atoms with Gasteiger partial charge >= 0.3 is 0 Å². The number of hydrogen-bond donors (Lipinski definition) is 1. The number of aliphatic imine (C=N–C) groups is 1. The summed E-state index contributed by atoms with van der Waals surface area (Å²) in [5.41, 5.74) is 1.08. The third-order valence-corrected chi connectivity index (χ3v) is 5.38. The maximum absolute atomic E-state index is 5.50. The van der Waals surface area contributed by atoms with Gasteiger partial charge in [0.2, 0.25) is 0 Å². The van der Waals surface area contributed by atoms with Gasteiger partial charge in [0.15, 0.2) is 5.96 Å². The number of nitrogens with one attached hydrogen (secondary N) is 1. The number of imidazole rings is 1. The van der Waals surface area contributed by atoms with E-state index in [0.29, 0.717) is 12.6 Å². The minimum Gasteiger partial charge on any atom is -0.379 e. The number of halogens is 1. The van der Waals surface area contributed by atoms with Gasteiger partial charge in [0.05, 0.1) is 19.8 Å². The fraction of sp³-hybridized carbons (Fsp3) is 0.550. The molecule has 2 aromatic rings. The quantitative estimate of drug-likeness (QED) is 0.375. The Kier molecular flexibility index (Phi) is 8.25. The number of rotatable bonds is 5. The molecule has 4 rings (SSSR count). The largest absolute Gasteiger partial charge is 0.379 e. The molecule has 0 aliphatic carbocycles. The Hall–Kier alpha value is -1.72. The molecule has 2 aliphatic heterocycles. The minimum absolute atomic E-state index is 0. The van der Waals surface area contributed by atoms with Gasteiger partial charge in [0, 0.05) is 62.9 Å². The lowest BCUT2D eigenvalue weighted by Crippen LogP contribution is -2.46.